The number of rotatable bonds is 5. The zero-order valence-electron chi connectivity index (χ0n) is 17.6. The van der Waals surface area contributed by atoms with Crippen molar-refractivity contribution in [1.29, 1.82) is 0 Å². The van der Waals surface area contributed by atoms with E-state index in [1.54, 1.807) is 4.31 Å². The first-order chi connectivity index (χ1) is 13.2. The van der Waals surface area contributed by atoms with Gasteiger partial charge in [-0.3, -0.25) is 4.90 Å². The molecule has 0 spiro atoms. The van der Waals surface area contributed by atoms with Crippen LogP contribution in [0.15, 0.2) is 15.5 Å². The van der Waals surface area contributed by atoms with Gasteiger partial charge < -0.3 is 4.52 Å². The second kappa shape index (κ2) is 7.93. The molecule has 8 heteroatoms. The number of hydrogen-bond acceptors (Lipinski definition) is 6. The maximum atomic E-state index is 13.4. The largest absolute Gasteiger partial charge is 0.338 e. The molecule has 0 amide bonds. The second-order valence-corrected chi connectivity index (χ2v) is 9.48. The molecule has 7 nitrogen and oxygen atoms in total. The van der Waals surface area contributed by atoms with Crippen LogP contribution < -0.4 is 0 Å². The molecule has 154 valence electrons. The molecular weight excluding hydrogens is 376 g/mol. The molecule has 1 aromatic carbocycles. The van der Waals surface area contributed by atoms with Crippen molar-refractivity contribution in [2.75, 3.05) is 26.2 Å². The van der Waals surface area contributed by atoms with Crippen LogP contribution in [0.3, 0.4) is 0 Å². The van der Waals surface area contributed by atoms with Gasteiger partial charge in [-0.2, -0.15) is 9.29 Å². The minimum absolute atomic E-state index is 0.0256. The highest BCUT2D eigenvalue weighted by Gasteiger charge is 2.34. The molecule has 0 saturated carbocycles. The van der Waals surface area contributed by atoms with Gasteiger partial charge in [0.1, 0.15) is 0 Å². The van der Waals surface area contributed by atoms with Crippen LogP contribution in [0, 0.1) is 27.7 Å². The summed E-state index contributed by atoms with van der Waals surface area (Å²) in [7, 11) is -3.53. The summed E-state index contributed by atoms with van der Waals surface area (Å²) in [6, 6.07) is 2.03. The number of nitrogens with zero attached hydrogens (tertiary/aromatic N) is 4. The smallest absolute Gasteiger partial charge is 0.243 e. The highest BCUT2D eigenvalue weighted by atomic mass is 32.2. The first-order valence-corrected chi connectivity index (χ1v) is 11.2. The number of sulfonamides is 1. The molecule has 3 rings (SSSR count). The van der Waals surface area contributed by atoms with Crippen LogP contribution in [0.2, 0.25) is 0 Å². The van der Waals surface area contributed by atoms with E-state index in [4.69, 9.17) is 4.52 Å². The molecule has 1 aliphatic rings. The molecule has 1 atom stereocenters. The van der Waals surface area contributed by atoms with Gasteiger partial charge >= 0.3 is 0 Å². The monoisotopic (exact) mass is 406 g/mol. The third-order valence-electron chi connectivity index (χ3n) is 5.87. The van der Waals surface area contributed by atoms with E-state index in [0.717, 1.165) is 28.7 Å². The Bertz CT molecular complexity index is 934. The van der Waals surface area contributed by atoms with Crippen molar-refractivity contribution in [2.45, 2.75) is 58.9 Å². The van der Waals surface area contributed by atoms with Gasteiger partial charge in [0.2, 0.25) is 15.9 Å². The Labute approximate surface area is 167 Å². The van der Waals surface area contributed by atoms with Gasteiger partial charge in [0.15, 0.2) is 5.82 Å². The van der Waals surface area contributed by atoms with Crippen LogP contribution in [0.4, 0.5) is 0 Å². The summed E-state index contributed by atoms with van der Waals surface area (Å²) < 4.78 is 33.7. The molecule has 1 unspecified atom stereocenters. The Morgan fingerprint density at radius 2 is 1.64 bits per heavy atom. The van der Waals surface area contributed by atoms with Gasteiger partial charge in [0.05, 0.1) is 10.9 Å². The van der Waals surface area contributed by atoms with E-state index in [1.807, 2.05) is 41.5 Å². The van der Waals surface area contributed by atoms with Crippen LogP contribution in [0.1, 0.15) is 53.9 Å². The first-order valence-electron chi connectivity index (χ1n) is 9.80. The lowest BCUT2D eigenvalue weighted by Gasteiger charge is -2.36. The Morgan fingerprint density at radius 3 is 2.14 bits per heavy atom. The summed E-state index contributed by atoms with van der Waals surface area (Å²) in [6.45, 7) is 13.9. The molecule has 2 heterocycles. The second-order valence-electron chi connectivity index (χ2n) is 7.61. The van der Waals surface area contributed by atoms with Crippen molar-refractivity contribution in [3.63, 3.8) is 0 Å². The third kappa shape index (κ3) is 3.73. The van der Waals surface area contributed by atoms with Crippen molar-refractivity contribution in [3.05, 3.63) is 40.0 Å². The number of piperazine rings is 1. The van der Waals surface area contributed by atoms with Gasteiger partial charge in [-0.05, 0) is 56.9 Å². The van der Waals surface area contributed by atoms with E-state index in [-0.39, 0.29) is 6.04 Å². The molecular formula is C20H30N4O3S. The Hall–Kier alpha value is -1.77. The van der Waals surface area contributed by atoms with Gasteiger partial charge in [-0.15, -0.1) is 0 Å². The maximum Gasteiger partial charge on any atom is 0.243 e. The average molecular weight is 407 g/mol. The van der Waals surface area contributed by atoms with Crippen LogP contribution in [0.25, 0.3) is 0 Å². The van der Waals surface area contributed by atoms with E-state index in [1.165, 1.54) is 0 Å². The van der Waals surface area contributed by atoms with E-state index in [9.17, 15) is 8.42 Å². The lowest BCUT2D eigenvalue weighted by atomic mass is 10.0. The van der Waals surface area contributed by atoms with E-state index < -0.39 is 10.0 Å². The molecule has 2 aromatic rings. The highest BCUT2D eigenvalue weighted by Crippen LogP contribution is 2.30. The fourth-order valence-electron chi connectivity index (χ4n) is 3.76. The summed E-state index contributed by atoms with van der Waals surface area (Å²) >= 11 is 0. The molecule has 1 aromatic heterocycles. The minimum atomic E-state index is -3.53. The Balaban J connectivity index is 1.77. The fraction of sp³-hybridized carbons (Fsp3) is 0.600. The van der Waals surface area contributed by atoms with E-state index >= 15 is 0 Å². The standard InChI is InChI=1S/C20H30N4O3S/c1-7-18-21-20(27-22-18)17(6)23-8-10-24(11-9-23)28(25,26)19-15(4)13(2)12-14(3)16(19)5/h12,17H,7-11H2,1-6H3. The van der Waals surface area contributed by atoms with Crippen molar-refractivity contribution in [1.82, 2.24) is 19.3 Å². The summed E-state index contributed by atoms with van der Waals surface area (Å²) in [4.78, 5) is 7.07. The summed E-state index contributed by atoms with van der Waals surface area (Å²) in [5.74, 6) is 1.29. The SMILES string of the molecule is CCc1noc(C(C)N2CCN(S(=O)(=O)c3c(C)c(C)cc(C)c3C)CC2)n1. The minimum Gasteiger partial charge on any atom is -0.338 e. The molecule has 1 saturated heterocycles. The molecule has 0 N–H and O–H groups in total. The zero-order valence-corrected chi connectivity index (χ0v) is 18.4. The van der Waals surface area contributed by atoms with Gasteiger partial charge in [-0.25, -0.2) is 8.42 Å². The lowest BCUT2D eigenvalue weighted by Crippen LogP contribution is -2.49. The van der Waals surface area contributed by atoms with Crippen LogP contribution >= 0.6 is 0 Å². The average Bonchev–Trinajstić information content (AvgIpc) is 3.15. The van der Waals surface area contributed by atoms with Gasteiger partial charge in [0.25, 0.3) is 0 Å². The molecule has 0 bridgehead atoms. The van der Waals surface area contributed by atoms with Crippen molar-refractivity contribution in [3.8, 4) is 0 Å². The number of hydrogen-bond donors (Lipinski definition) is 0. The molecule has 28 heavy (non-hydrogen) atoms. The predicted molar refractivity (Wildman–Crippen MR) is 108 cm³/mol. The quantitative estimate of drug-likeness (QED) is 0.760. The van der Waals surface area contributed by atoms with Crippen LogP contribution in [-0.4, -0.2) is 53.9 Å². The highest BCUT2D eigenvalue weighted by molar-refractivity contribution is 7.89. The van der Waals surface area contributed by atoms with Crippen molar-refractivity contribution in [2.24, 2.45) is 0 Å². The fourth-order valence-corrected chi connectivity index (χ4v) is 5.76. The number of benzene rings is 1. The molecule has 0 aliphatic carbocycles. The molecule has 1 fully saturated rings. The van der Waals surface area contributed by atoms with Crippen LogP contribution in [-0.2, 0) is 16.4 Å². The lowest BCUT2D eigenvalue weighted by molar-refractivity contribution is 0.124. The van der Waals surface area contributed by atoms with Crippen molar-refractivity contribution >= 4 is 10.0 Å². The number of aromatic nitrogens is 2. The zero-order chi connectivity index (χ0) is 20.6. The third-order valence-corrected chi connectivity index (χ3v) is 8.05. The Morgan fingerprint density at radius 1 is 1.07 bits per heavy atom. The predicted octanol–water partition coefficient (Wildman–Crippen LogP) is 2.93. The molecule has 0 radical (unpaired) electrons. The maximum absolute atomic E-state index is 13.4. The Kier molecular flexibility index (Phi) is 5.93. The summed E-state index contributed by atoms with van der Waals surface area (Å²) in [5, 5.41) is 3.96. The summed E-state index contributed by atoms with van der Waals surface area (Å²) in [6.07, 6.45) is 0.733. The van der Waals surface area contributed by atoms with E-state index in [0.29, 0.717) is 42.8 Å². The summed E-state index contributed by atoms with van der Waals surface area (Å²) in [5.41, 5.74) is 3.71. The van der Waals surface area contributed by atoms with E-state index in [2.05, 4.69) is 21.1 Å². The molecule has 1 aliphatic heterocycles. The topological polar surface area (TPSA) is 79.5 Å². The number of aryl methyl sites for hydroxylation is 3. The van der Waals surface area contributed by atoms with Crippen LogP contribution in [0.5, 0.6) is 0 Å². The first kappa shape index (κ1) is 21.0. The van der Waals surface area contributed by atoms with Gasteiger partial charge in [0, 0.05) is 32.6 Å². The normalized spacial score (nSPS) is 17.8. The van der Waals surface area contributed by atoms with Crippen molar-refractivity contribution < 1.29 is 12.9 Å². The van der Waals surface area contributed by atoms with Gasteiger partial charge in [-0.1, -0.05) is 18.1 Å².